The van der Waals surface area contributed by atoms with Crippen molar-refractivity contribution in [3.05, 3.63) is 33.2 Å². The minimum Gasteiger partial charge on any atom is -0.481 e. The van der Waals surface area contributed by atoms with Crippen LogP contribution in [0.3, 0.4) is 0 Å². The first-order valence-electron chi connectivity index (χ1n) is 7.79. The Kier molecular flexibility index (Phi) is 4.02. The molecule has 1 aliphatic carbocycles. The number of hydrogen-bond donors (Lipinski definition) is 2. The Morgan fingerprint density at radius 2 is 2.00 bits per heavy atom. The van der Waals surface area contributed by atoms with Crippen LogP contribution in [0.5, 0.6) is 0 Å². The number of carboxylic acid groups (broad SMARTS) is 1. The molecule has 0 aromatic carbocycles. The van der Waals surface area contributed by atoms with Crippen molar-refractivity contribution < 1.29 is 19.5 Å². The lowest BCUT2D eigenvalue weighted by atomic mass is 9.93. The summed E-state index contributed by atoms with van der Waals surface area (Å²) in [6.07, 6.45) is 2.84. The molecule has 2 heterocycles. The third-order valence-corrected chi connectivity index (χ3v) is 4.54. The second-order valence-corrected chi connectivity index (χ2v) is 6.11. The molecule has 0 bridgehead atoms. The molecule has 3 rings (SSSR count). The number of fused-ring (bicyclic) bond motifs is 1. The third kappa shape index (κ3) is 2.91. The summed E-state index contributed by atoms with van der Waals surface area (Å²) in [5.74, 6) is -2.11. The summed E-state index contributed by atoms with van der Waals surface area (Å²) < 4.78 is 0. The smallest absolute Gasteiger partial charge is 0.308 e. The fraction of sp³-hybridized carbons (Fsp3) is 0.500. The molecule has 23 heavy (non-hydrogen) atoms. The molecule has 1 aliphatic heterocycles. The molecule has 0 spiro atoms. The van der Waals surface area contributed by atoms with Crippen LogP contribution in [0.1, 0.15) is 52.1 Å². The number of amides is 1. The molecule has 0 saturated carbocycles. The molecular weight excluding hydrogens is 300 g/mol. The van der Waals surface area contributed by atoms with Gasteiger partial charge in [-0.05, 0) is 31.7 Å². The van der Waals surface area contributed by atoms with Crippen LogP contribution in [0, 0.1) is 5.92 Å². The molecule has 122 valence electrons. The number of aryl methyl sites for hydroxylation is 1. The van der Waals surface area contributed by atoms with Gasteiger partial charge in [-0.15, -0.1) is 0 Å². The predicted octanol–water partition coefficient (Wildman–Crippen LogP) is 0.831. The van der Waals surface area contributed by atoms with Gasteiger partial charge in [-0.1, -0.05) is 0 Å². The summed E-state index contributed by atoms with van der Waals surface area (Å²) in [4.78, 5) is 51.9. The second-order valence-electron chi connectivity index (χ2n) is 6.11. The number of likely N-dealkylation sites (tertiary alicyclic amines) is 1. The number of aromatic amines is 1. The van der Waals surface area contributed by atoms with Crippen molar-refractivity contribution in [1.29, 1.82) is 0 Å². The highest BCUT2D eigenvalue weighted by Crippen LogP contribution is 2.21. The van der Waals surface area contributed by atoms with E-state index in [1.54, 1.807) is 0 Å². The van der Waals surface area contributed by atoms with E-state index in [9.17, 15) is 19.2 Å². The third-order valence-electron chi connectivity index (χ3n) is 4.54. The van der Waals surface area contributed by atoms with Crippen LogP contribution in [-0.2, 0) is 11.2 Å². The normalized spacial score (nSPS) is 21.0. The topological polar surface area (TPSA) is 108 Å². The van der Waals surface area contributed by atoms with E-state index in [4.69, 9.17) is 5.11 Å². The summed E-state index contributed by atoms with van der Waals surface area (Å²) >= 11 is 0. The van der Waals surface area contributed by atoms with E-state index < -0.39 is 23.4 Å². The van der Waals surface area contributed by atoms with Crippen LogP contribution in [0.25, 0.3) is 0 Å². The van der Waals surface area contributed by atoms with Crippen molar-refractivity contribution in [1.82, 2.24) is 9.88 Å². The first kappa shape index (κ1) is 15.5. The van der Waals surface area contributed by atoms with Gasteiger partial charge in [-0.25, -0.2) is 0 Å². The van der Waals surface area contributed by atoms with E-state index >= 15 is 0 Å². The SMILES string of the molecule is O=C1CCCc2[nH]c(=O)c(C(=O)N3CCCC(C(=O)O)C3)cc21. The number of carbonyl (C=O) groups is 3. The molecule has 1 aromatic rings. The molecule has 7 heteroatoms. The monoisotopic (exact) mass is 318 g/mol. The predicted molar refractivity (Wildman–Crippen MR) is 80.6 cm³/mol. The molecule has 1 amide bonds. The minimum absolute atomic E-state index is 0.0707. The first-order valence-corrected chi connectivity index (χ1v) is 7.79. The number of nitrogens with zero attached hydrogens (tertiary/aromatic N) is 1. The van der Waals surface area contributed by atoms with Gasteiger partial charge in [0.1, 0.15) is 5.56 Å². The largest absolute Gasteiger partial charge is 0.481 e. The standard InChI is InChI=1S/C16H18N2O5/c19-13-5-1-4-12-10(13)7-11(14(20)17-12)15(21)18-6-2-3-9(8-18)16(22)23/h7,9H,1-6,8H2,(H,17,20)(H,22,23). The number of carbonyl (C=O) groups excluding carboxylic acids is 2. The highest BCUT2D eigenvalue weighted by atomic mass is 16.4. The Labute approximate surface area is 132 Å². The van der Waals surface area contributed by atoms with Crippen molar-refractivity contribution in [3.63, 3.8) is 0 Å². The minimum atomic E-state index is -0.933. The van der Waals surface area contributed by atoms with Crippen molar-refractivity contribution in [3.8, 4) is 0 Å². The summed E-state index contributed by atoms with van der Waals surface area (Å²) in [6, 6.07) is 1.38. The average Bonchev–Trinajstić information content (AvgIpc) is 2.54. The molecular formula is C16H18N2O5. The van der Waals surface area contributed by atoms with Crippen LogP contribution >= 0.6 is 0 Å². The Balaban J connectivity index is 1.90. The fourth-order valence-corrected chi connectivity index (χ4v) is 3.27. The number of aliphatic carboxylic acids is 1. The van der Waals surface area contributed by atoms with Gasteiger partial charge in [0.15, 0.2) is 5.78 Å². The maximum absolute atomic E-state index is 12.6. The molecule has 1 aromatic heterocycles. The number of H-pyrrole nitrogens is 1. The second kappa shape index (κ2) is 5.98. The number of pyridine rings is 1. The summed E-state index contributed by atoms with van der Waals surface area (Å²) in [5, 5.41) is 9.11. The molecule has 2 aliphatic rings. The molecule has 7 nitrogen and oxygen atoms in total. The van der Waals surface area contributed by atoms with E-state index in [1.807, 2.05) is 0 Å². The van der Waals surface area contributed by atoms with Crippen LogP contribution < -0.4 is 5.56 Å². The number of piperidine rings is 1. The lowest BCUT2D eigenvalue weighted by molar-refractivity contribution is -0.143. The zero-order chi connectivity index (χ0) is 16.6. The molecule has 2 N–H and O–H groups in total. The lowest BCUT2D eigenvalue weighted by Crippen LogP contribution is -2.44. The molecule has 1 fully saturated rings. The van der Waals surface area contributed by atoms with Crippen molar-refractivity contribution >= 4 is 17.7 Å². The maximum atomic E-state index is 12.6. The van der Waals surface area contributed by atoms with Crippen molar-refractivity contribution in [2.75, 3.05) is 13.1 Å². The van der Waals surface area contributed by atoms with Crippen molar-refractivity contribution in [2.45, 2.75) is 32.1 Å². The van der Waals surface area contributed by atoms with Crippen LogP contribution in [0.2, 0.25) is 0 Å². The number of ketones is 1. The Hall–Kier alpha value is -2.44. The van der Waals surface area contributed by atoms with Crippen molar-refractivity contribution in [2.24, 2.45) is 5.92 Å². The van der Waals surface area contributed by atoms with Crippen LogP contribution in [0.15, 0.2) is 10.9 Å². The summed E-state index contributed by atoms with van der Waals surface area (Å²) in [7, 11) is 0. The summed E-state index contributed by atoms with van der Waals surface area (Å²) in [5.41, 5.74) is 0.404. The van der Waals surface area contributed by atoms with Gasteiger partial charge in [0, 0.05) is 30.8 Å². The van der Waals surface area contributed by atoms with Crippen LogP contribution in [-0.4, -0.2) is 45.7 Å². The average molecular weight is 318 g/mol. The van der Waals surface area contributed by atoms with E-state index in [1.165, 1.54) is 11.0 Å². The first-order chi connectivity index (χ1) is 11.0. The number of aromatic nitrogens is 1. The summed E-state index contributed by atoms with van der Waals surface area (Å²) in [6.45, 7) is 0.520. The quantitative estimate of drug-likeness (QED) is 0.840. The van der Waals surface area contributed by atoms with E-state index in [0.29, 0.717) is 49.9 Å². The number of carboxylic acids is 1. The van der Waals surface area contributed by atoms with Gasteiger partial charge in [0.05, 0.1) is 5.92 Å². The van der Waals surface area contributed by atoms with Gasteiger partial charge >= 0.3 is 5.97 Å². The van der Waals surface area contributed by atoms with Gasteiger partial charge < -0.3 is 15.0 Å². The highest BCUT2D eigenvalue weighted by Gasteiger charge is 2.30. The van der Waals surface area contributed by atoms with E-state index in [0.717, 1.165) is 0 Å². The Morgan fingerprint density at radius 1 is 1.22 bits per heavy atom. The Morgan fingerprint density at radius 3 is 2.74 bits per heavy atom. The highest BCUT2D eigenvalue weighted by molar-refractivity contribution is 6.01. The van der Waals surface area contributed by atoms with E-state index in [-0.39, 0.29) is 17.9 Å². The molecule has 1 atom stereocenters. The van der Waals surface area contributed by atoms with E-state index in [2.05, 4.69) is 4.98 Å². The number of hydrogen-bond acceptors (Lipinski definition) is 4. The fourth-order valence-electron chi connectivity index (χ4n) is 3.27. The van der Waals surface area contributed by atoms with Gasteiger partial charge in [-0.2, -0.15) is 0 Å². The lowest BCUT2D eigenvalue weighted by Gasteiger charge is -2.30. The van der Waals surface area contributed by atoms with Gasteiger partial charge in [-0.3, -0.25) is 19.2 Å². The zero-order valence-electron chi connectivity index (χ0n) is 12.6. The molecule has 0 radical (unpaired) electrons. The molecule has 1 saturated heterocycles. The van der Waals surface area contributed by atoms with Gasteiger partial charge in [0.25, 0.3) is 11.5 Å². The van der Waals surface area contributed by atoms with Crippen LogP contribution in [0.4, 0.5) is 0 Å². The molecule has 1 unspecified atom stereocenters. The maximum Gasteiger partial charge on any atom is 0.308 e. The van der Waals surface area contributed by atoms with Gasteiger partial charge in [0.2, 0.25) is 0 Å². The number of nitrogens with one attached hydrogen (secondary N) is 1. The Bertz CT molecular complexity index is 736. The number of rotatable bonds is 2. The number of Topliss-reactive ketones (excluding diaryl/α,β-unsaturated/α-hetero) is 1. The zero-order valence-corrected chi connectivity index (χ0v) is 12.6.